The lowest BCUT2D eigenvalue weighted by atomic mass is 10.0. The Kier molecular flexibility index (Phi) is 6.89. The first-order valence-electron chi connectivity index (χ1n) is 10.3. The molecular weight excluding hydrogens is 324 g/mol. The fourth-order valence-corrected chi connectivity index (χ4v) is 5.07. The summed E-state index contributed by atoms with van der Waals surface area (Å²) >= 11 is 0. The highest BCUT2D eigenvalue weighted by molar-refractivity contribution is 6.74. The van der Waals surface area contributed by atoms with E-state index in [9.17, 15) is 4.79 Å². The molecule has 2 atom stereocenters. The molecule has 0 radical (unpaired) electrons. The highest BCUT2D eigenvalue weighted by atomic mass is 28.4. The summed E-state index contributed by atoms with van der Waals surface area (Å²) in [6, 6.07) is 0. The van der Waals surface area contributed by atoms with Gasteiger partial charge in [0, 0.05) is 12.0 Å². The van der Waals surface area contributed by atoms with Gasteiger partial charge in [-0.2, -0.15) is 0 Å². The first-order valence-corrected chi connectivity index (χ1v) is 13.2. The molecule has 0 aliphatic heterocycles. The van der Waals surface area contributed by atoms with Gasteiger partial charge in [-0.1, -0.05) is 64.7 Å². The smallest absolute Gasteiger partial charge is 0.192 e. The SMILES string of the molecule is CCCCCC(/C=C/C1=C2CCCC2CC1=O)O[Si](C)(C)C(C)(C)C. The van der Waals surface area contributed by atoms with Gasteiger partial charge >= 0.3 is 0 Å². The van der Waals surface area contributed by atoms with Crippen molar-refractivity contribution in [1.82, 2.24) is 0 Å². The summed E-state index contributed by atoms with van der Waals surface area (Å²) < 4.78 is 6.67. The monoisotopic (exact) mass is 362 g/mol. The summed E-state index contributed by atoms with van der Waals surface area (Å²) in [7, 11) is -1.80. The number of carbonyl (C=O) groups is 1. The summed E-state index contributed by atoms with van der Waals surface area (Å²) in [5, 5.41) is 0.214. The number of hydrogen-bond donors (Lipinski definition) is 0. The number of ketones is 1. The fourth-order valence-electron chi connectivity index (χ4n) is 3.76. The van der Waals surface area contributed by atoms with Crippen LogP contribution in [0.3, 0.4) is 0 Å². The van der Waals surface area contributed by atoms with Gasteiger partial charge in [0.05, 0.1) is 6.10 Å². The van der Waals surface area contributed by atoms with Crippen LogP contribution in [-0.2, 0) is 9.22 Å². The molecule has 2 unspecified atom stereocenters. The number of fused-ring (bicyclic) bond motifs is 1. The van der Waals surface area contributed by atoms with E-state index in [0.29, 0.717) is 11.7 Å². The maximum absolute atomic E-state index is 12.4. The summed E-state index contributed by atoms with van der Waals surface area (Å²) in [6.45, 7) is 13.8. The number of carbonyl (C=O) groups excluding carboxylic acids is 1. The molecule has 142 valence electrons. The Bertz CT molecular complexity index is 537. The summed E-state index contributed by atoms with van der Waals surface area (Å²) in [5.74, 6) is 0.905. The maximum Gasteiger partial charge on any atom is 0.192 e. The minimum absolute atomic E-state index is 0.147. The molecule has 0 amide bonds. The summed E-state index contributed by atoms with van der Waals surface area (Å²) in [5.41, 5.74) is 2.45. The number of Topliss-reactive ketones (excluding diaryl/α,β-unsaturated/α-hetero) is 1. The van der Waals surface area contributed by atoms with Crippen molar-refractivity contribution in [3.05, 3.63) is 23.3 Å². The Morgan fingerprint density at radius 1 is 1.28 bits per heavy atom. The quantitative estimate of drug-likeness (QED) is 0.360. The van der Waals surface area contributed by atoms with Crippen LogP contribution in [0.4, 0.5) is 0 Å². The van der Waals surface area contributed by atoms with Crippen LogP contribution in [0.5, 0.6) is 0 Å². The van der Waals surface area contributed by atoms with Crippen molar-refractivity contribution in [3.8, 4) is 0 Å². The topological polar surface area (TPSA) is 26.3 Å². The molecule has 0 heterocycles. The van der Waals surface area contributed by atoms with Gasteiger partial charge in [0.25, 0.3) is 0 Å². The normalized spacial score (nSPS) is 23.0. The molecule has 25 heavy (non-hydrogen) atoms. The van der Waals surface area contributed by atoms with E-state index in [4.69, 9.17) is 4.43 Å². The van der Waals surface area contributed by atoms with Gasteiger partial charge in [-0.15, -0.1) is 0 Å². The second-order valence-corrected chi connectivity index (χ2v) is 14.2. The molecule has 0 aromatic carbocycles. The molecule has 1 fully saturated rings. The highest BCUT2D eigenvalue weighted by Crippen LogP contribution is 2.42. The molecule has 3 heteroatoms. The van der Waals surface area contributed by atoms with E-state index in [1.807, 2.05) is 0 Å². The molecule has 1 saturated carbocycles. The number of rotatable bonds is 8. The minimum atomic E-state index is -1.80. The average Bonchev–Trinajstić information content (AvgIpc) is 3.04. The molecule has 2 aliphatic rings. The number of hydrogen-bond acceptors (Lipinski definition) is 2. The van der Waals surface area contributed by atoms with E-state index in [1.165, 1.54) is 37.7 Å². The van der Waals surface area contributed by atoms with Crippen LogP contribution in [0.2, 0.25) is 18.1 Å². The second kappa shape index (κ2) is 8.35. The van der Waals surface area contributed by atoms with Crippen LogP contribution in [0.1, 0.15) is 79.1 Å². The van der Waals surface area contributed by atoms with Crippen molar-refractivity contribution in [2.24, 2.45) is 5.92 Å². The Hall–Kier alpha value is -0.673. The number of unbranched alkanes of at least 4 members (excludes halogenated alkanes) is 2. The fraction of sp³-hybridized carbons (Fsp3) is 0.773. The van der Waals surface area contributed by atoms with Gasteiger partial charge in [0.15, 0.2) is 14.1 Å². The van der Waals surface area contributed by atoms with Crippen LogP contribution in [0.15, 0.2) is 23.3 Å². The van der Waals surface area contributed by atoms with Crippen molar-refractivity contribution in [2.45, 2.75) is 103 Å². The standard InChI is InChI=1S/C22H38O2Si/c1-7-8-9-12-18(24-25(5,6)22(2,3)4)14-15-20-19-13-10-11-17(19)16-21(20)23/h14-15,17-18H,7-13,16H2,1-6H3/b15-14+. The lowest BCUT2D eigenvalue weighted by Gasteiger charge is -2.38. The predicted molar refractivity (Wildman–Crippen MR) is 109 cm³/mol. The minimum Gasteiger partial charge on any atom is -0.411 e. The molecule has 0 spiro atoms. The van der Waals surface area contributed by atoms with Gasteiger partial charge in [-0.3, -0.25) is 4.79 Å². The zero-order chi connectivity index (χ0) is 18.7. The summed E-state index contributed by atoms with van der Waals surface area (Å²) in [4.78, 5) is 12.4. The van der Waals surface area contributed by atoms with E-state index in [-0.39, 0.29) is 11.1 Å². The molecule has 0 saturated heterocycles. The Balaban J connectivity index is 2.12. The molecule has 0 N–H and O–H groups in total. The van der Waals surface area contributed by atoms with Crippen molar-refractivity contribution < 1.29 is 9.22 Å². The second-order valence-electron chi connectivity index (χ2n) is 9.43. The molecule has 2 aliphatic carbocycles. The van der Waals surface area contributed by atoms with Gasteiger partial charge in [-0.25, -0.2) is 0 Å². The van der Waals surface area contributed by atoms with Crippen LogP contribution >= 0.6 is 0 Å². The van der Waals surface area contributed by atoms with Crippen molar-refractivity contribution in [1.29, 1.82) is 0 Å². The molecule has 2 nitrogen and oxygen atoms in total. The number of allylic oxidation sites excluding steroid dienone is 3. The van der Waals surface area contributed by atoms with Crippen LogP contribution < -0.4 is 0 Å². The van der Waals surface area contributed by atoms with Crippen LogP contribution in [0.25, 0.3) is 0 Å². The first kappa shape index (κ1) is 20.6. The first-order chi connectivity index (χ1) is 11.7. The van der Waals surface area contributed by atoms with Crippen molar-refractivity contribution >= 4 is 14.1 Å². The van der Waals surface area contributed by atoms with E-state index < -0.39 is 8.32 Å². The third kappa shape index (κ3) is 5.16. The Labute approximate surface area is 156 Å². The molecule has 0 aromatic heterocycles. The third-order valence-electron chi connectivity index (χ3n) is 6.39. The van der Waals surface area contributed by atoms with Gasteiger partial charge in [0.1, 0.15) is 0 Å². The Morgan fingerprint density at radius 3 is 2.64 bits per heavy atom. The van der Waals surface area contributed by atoms with Crippen LogP contribution in [-0.4, -0.2) is 20.2 Å². The lowest BCUT2D eigenvalue weighted by Crippen LogP contribution is -2.43. The zero-order valence-corrected chi connectivity index (χ0v) is 18.3. The molecular formula is C22H38O2Si. The zero-order valence-electron chi connectivity index (χ0n) is 17.3. The Morgan fingerprint density at radius 2 is 2.00 bits per heavy atom. The molecule has 2 rings (SSSR count). The maximum atomic E-state index is 12.4. The molecule has 0 bridgehead atoms. The van der Waals surface area contributed by atoms with Crippen molar-refractivity contribution in [3.63, 3.8) is 0 Å². The summed E-state index contributed by atoms with van der Waals surface area (Å²) in [6.07, 6.45) is 13.5. The van der Waals surface area contributed by atoms with E-state index in [1.54, 1.807) is 0 Å². The largest absolute Gasteiger partial charge is 0.411 e. The van der Waals surface area contributed by atoms with Gasteiger partial charge in [-0.05, 0) is 49.7 Å². The third-order valence-corrected chi connectivity index (χ3v) is 10.9. The highest BCUT2D eigenvalue weighted by Gasteiger charge is 2.39. The lowest BCUT2D eigenvalue weighted by molar-refractivity contribution is -0.115. The van der Waals surface area contributed by atoms with Gasteiger partial charge < -0.3 is 4.43 Å². The average molecular weight is 363 g/mol. The predicted octanol–water partition coefficient (Wildman–Crippen LogP) is 6.58. The molecule has 0 aromatic rings. The van der Waals surface area contributed by atoms with Crippen LogP contribution in [0, 0.1) is 5.92 Å². The van der Waals surface area contributed by atoms with E-state index in [0.717, 1.165) is 24.8 Å². The van der Waals surface area contributed by atoms with Gasteiger partial charge in [0.2, 0.25) is 0 Å². The van der Waals surface area contributed by atoms with E-state index in [2.05, 4.69) is 52.9 Å². The van der Waals surface area contributed by atoms with Crippen molar-refractivity contribution in [2.75, 3.05) is 0 Å². The van der Waals surface area contributed by atoms with E-state index >= 15 is 0 Å².